The van der Waals surface area contributed by atoms with E-state index in [1.54, 1.807) is 18.2 Å². The van der Waals surface area contributed by atoms with Crippen LogP contribution in [0.15, 0.2) is 48.5 Å². The summed E-state index contributed by atoms with van der Waals surface area (Å²) in [5.41, 5.74) is 2.90. The van der Waals surface area contributed by atoms with Gasteiger partial charge in [0.15, 0.2) is 6.29 Å². The minimum atomic E-state index is 0.574. The van der Waals surface area contributed by atoms with Crippen LogP contribution >= 0.6 is 0 Å². The van der Waals surface area contributed by atoms with E-state index in [9.17, 15) is 9.59 Å². The van der Waals surface area contributed by atoms with Gasteiger partial charge in [0, 0.05) is 11.1 Å². The van der Waals surface area contributed by atoms with E-state index in [1.165, 1.54) is 0 Å². The molecule has 2 aromatic carbocycles. The van der Waals surface area contributed by atoms with Crippen molar-refractivity contribution >= 4 is 12.6 Å². The van der Waals surface area contributed by atoms with Crippen molar-refractivity contribution in [2.75, 3.05) is 0 Å². The predicted molar refractivity (Wildman–Crippen MR) is 62.7 cm³/mol. The SMILES string of the molecule is O=Cc1ccc(C=O)c(-c2ccccc2)c1. The minimum absolute atomic E-state index is 0.574. The third kappa shape index (κ3) is 1.91. The Kier molecular flexibility index (Phi) is 2.92. The molecule has 0 saturated heterocycles. The summed E-state index contributed by atoms with van der Waals surface area (Å²) in [6.07, 6.45) is 1.58. The second kappa shape index (κ2) is 4.53. The smallest absolute Gasteiger partial charge is 0.150 e. The standard InChI is InChI=1S/C14H10O2/c15-9-11-6-7-13(10-16)14(8-11)12-4-2-1-3-5-12/h1-10H. The summed E-state index contributed by atoms with van der Waals surface area (Å²) in [6.45, 7) is 0. The first kappa shape index (κ1) is 10.3. The number of hydrogen-bond donors (Lipinski definition) is 0. The molecule has 0 atom stereocenters. The highest BCUT2D eigenvalue weighted by molar-refractivity contribution is 5.90. The third-order valence-corrected chi connectivity index (χ3v) is 2.43. The summed E-state index contributed by atoms with van der Waals surface area (Å²) < 4.78 is 0. The van der Waals surface area contributed by atoms with Gasteiger partial charge in [-0.25, -0.2) is 0 Å². The van der Waals surface area contributed by atoms with Crippen molar-refractivity contribution in [3.63, 3.8) is 0 Å². The number of aldehydes is 2. The van der Waals surface area contributed by atoms with Crippen LogP contribution in [0.3, 0.4) is 0 Å². The number of carbonyl (C=O) groups excluding carboxylic acids is 2. The molecule has 0 N–H and O–H groups in total. The second-order valence-corrected chi connectivity index (χ2v) is 3.45. The highest BCUT2D eigenvalue weighted by Gasteiger charge is 2.04. The van der Waals surface area contributed by atoms with E-state index in [0.717, 1.165) is 23.7 Å². The Hall–Kier alpha value is -2.22. The zero-order valence-corrected chi connectivity index (χ0v) is 8.59. The molecule has 0 radical (unpaired) electrons. The van der Waals surface area contributed by atoms with Crippen LogP contribution in [0.5, 0.6) is 0 Å². The molecule has 0 aliphatic heterocycles. The Morgan fingerprint density at radius 3 is 2.19 bits per heavy atom. The van der Waals surface area contributed by atoms with Gasteiger partial charge in [-0.3, -0.25) is 9.59 Å². The van der Waals surface area contributed by atoms with E-state index >= 15 is 0 Å². The van der Waals surface area contributed by atoms with Gasteiger partial charge in [-0.15, -0.1) is 0 Å². The van der Waals surface area contributed by atoms with Gasteiger partial charge in [-0.05, 0) is 17.2 Å². The van der Waals surface area contributed by atoms with Gasteiger partial charge in [0.2, 0.25) is 0 Å². The third-order valence-electron chi connectivity index (χ3n) is 2.43. The monoisotopic (exact) mass is 210 g/mol. The van der Waals surface area contributed by atoms with Crippen molar-refractivity contribution in [3.8, 4) is 11.1 Å². The lowest BCUT2D eigenvalue weighted by atomic mass is 9.98. The van der Waals surface area contributed by atoms with E-state index in [1.807, 2.05) is 30.3 Å². The van der Waals surface area contributed by atoms with Gasteiger partial charge in [0.05, 0.1) is 0 Å². The van der Waals surface area contributed by atoms with Crippen LogP contribution in [-0.2, 0) is 0 Å². The molecule has 78 valence electrons. The fourth-order valence-corrected chi connectivity index (χ4v) is 1.62. The molecule has 0 bridgehead atoms. The van der Waals surface area contributed by atoms with Crippen LogP contribution < -0.4 is 0 Å². The number of carbonyl (C=O) groups is 2. The Morgan fingerprint density at radius 2 is 1.56 bits per heavy atom. The molecular weight excluding hydrogens is 200 g/mol. The van der Waals surface area contributed by atoms with Crippen molar-refractivity contribution in [3.05, 3.63) is 59.7 Å². The largest absolute Gasteiger partial charge is 0.298 e. The molecule has 0 aliphatic carbocycles. The summed E-state index contributed by atoms with van der Waals surface area (Å²) in [5, 5.41) is 0. The maximum atomic E-state index is 10.9. The summed E-state index contributed by atoms with van der Waals surface area (Å²) in [7, 11) is 0. The van der Waals surface area contributed by atoms with Crippen molar-refractivity contribution in [2.24, 2.45) is 0 Å². The van der Waals surface area contributed by atoms with Crippen LogP contribution in [0.1, 0.15) is 20.7 Å². The van der Waals surface area contributed by atoms with E-state index in [-0.39, 0.29) is 0 Å². The lowest BCUT2D eigenvalue weighted by Crippen LogP contribution is -1.90. The average molecular weight is 210 g/mol. The van der Waals surface area contributed by atoms with Gasteiger partial charge >= 0.3 is 0 Å². The molecule has 2 heteroatoms. The first-order chi connectivity index (χ1) is 7.85. The molecule has 2 aromatic rings. The number of benzene rings is 2. The van der Waals surface area contributed by atoms with Crippen LogP contribution in [0.4, 0.5) is 0 Å². The topological polar surface area (TPSA) is 34.1 Å². The van der Waals surface area contributed by atoms with Crippen LogP contribution in [0, 0.1) is 0 Å². The molecule has 0 saturated carbocycles. The van der Waals surface area contributed by atoms with E-state index in [4.69, 9.17) is 0 Å². The van der Waals surface area contributed by atoms with Gasteiger partial charge in [-0.2, -0.15) is 0 Å². The summed E-state index contributed by atoms with van der Waals surface area (Å²) in [5.74, 6) is 0. The molecule has 0 amide bonds. The van der Waals surface area contributed by atoms with E-state index in [0.29, 0.717) is 11.1 Å². The lowest BCUT2D eigenvalue weighted by Gasteiger charge is -2.05. The van der Waals surface area contributed by atoms with Gasteiger partial charge in [0.25, 0.3) is 0 Å². The maximum absolute atomic E-state index is 10.9. The van der Waals surface area contributed by atoms with Gasteiger partial charge < -0.3 is 0 Å². The quantitative estimate of drug-likeness (QED) is 0.730. The van der Waals surface area contributed by atoms with Crippen LogP contribution in [0.2, 0.25) is 0 Å². The highest BCUT2D eigenvalue weighted by Crippen LogP contribution is 2.23. The zero-order valence-electron chi connectivity index (χ0n) is 8.59. The molecule has 2 rings (SSSR count). The maximum Gasteiger partial charge on any atom is 0.150 e. The number of hydrogen-bond acceptors (Lipinski definition) is 2. The Balaban J connectivity index is 2.62. The fraction of sp³-hybridized carbons (Fsp3) is 0. The minimum Gasteiger partial charge on any atom is -0.298 e. The second-order valence-electron chi connectivity index (χ2n) is 3.45. The van der Waals surface area contributed by atoms with E-state index < -0.39 is 0 Å². The molecule has 2 nitrogen and oxygen atoms in total. The summed E-state index contributed by atoms with van der Waals surface area (Å²) in [4.78, 5) is 21.6. The molecular formula is C14H10O2. The first-order valence-corrected chi connectivity index (χ1v) is 4.95. The molecule has 0 spiro atoms. The van der Waals surface area contributed by atoms with Crippen molar-refractivity contribution in [1.29, 1.82) is 0 Å². The Morgan fingerprint density at radius 1 is 0.812 bits per heavy atom. The molecule has 16 heavy (non-hydrogen) atoms. The molecule has 0 aliphatic rings. The van der Waals surface area contributed by atoms with Crippen LogP contribution in [-0.4, -0.2) is 12.6 Å². The molecule has 0 fully saturated rings. The molecule has 0 heterocycles. The summed E-state index contributed by atoms with van der Waals surface area (Å²) in [6, 6.07) is 14.6. The lowest BCUT2D eigenvalue weighted by molar-refractivity contribution is 0.111. The molecule has 0 aromatic heterocycles. The van der Waals surface area contributed by atoms with E-state index in [2.05, 4.69) is 0 Å². The van der Waals surface area contributed by atoms with Crippen molar-refractivity contribution in [1.82, 2.24) is 0 Å². The normalized spacial score (nSPS) is 9.75. The van der Waals surface area contributed by atoms with Gasteiger partial charge in [-0.1, -0.05) is 42.5 Å². The zero-order chi connectivity index (χ0) is 11.4. The number of rotatable bonds is 3. The van der Waals surface area contributed by atoms with Crippen molar-refractivity contribution in [2.45, 2.75) is 0 Å². The first-order valence-electron chi connectivity index (χ1n) is 4.95. The van der Waals surface area contributed by atoms with Gasteiger partial charge in [0.1, 0.15) is 6.29 Å². The van der Waals surface area contributed by atoms with Crippen LogP contribution in [0.25, 0.3) is 11.1 Å². The van der Waals surface area contributed by atoms with Crippen molar-refractivity contribution < 1.29 is 9.59 Å². The highest BCUT2D eigenvalue weighted by atomic mass is 16.1. The average Bonchev–Trinajstić information content (AvgIpc) is 2.39. The summed E-state index contributed by atoms with van der Waals surface area (Å²) >= 11 is 0. The Labute approximate surface area is 93.5 Å². The predicted octanol–water partition coefficient (Wildman–Crippen LogP) is 2.98. The molecule has 0 unspecified atom stereocenters. The Bertz CT molecular complexity index is 516. The fourth-order valence-electron chi connectivity index (χ4n) is 1.62.